The van der Waals surface area contributed by atoms with Gasteiger partial charge >= 0.3 is 6.11 Å². The Kier molecular flexibility index (Phi) is 11.4. The van der Waals surface area contributed by atoms with Crippen molar-refractivity contribution in [2.45, 2.75) is 58.1 Å². The van der Waals surface area contributed by atoms with Crippen molar-refractivity contribution in [2.75, 3.05) is 26.4 Å². The van der Waals surface area contributed by atoms with Crippen LogP contribution in [0.2, 0.25) is 0 Å². The second kappa shape index (κ2) is 11.4. The van der Waals surface area contributed by atoms with Gasteiger partial charge in [-0.1, -0.05) is 11.6 Å². The molecule has 0 radical (unpaired) electrons. The molecule has 5 nitrogen and oxygen atoms in total. The predicted octanol–water partition coefficient (Wildman–Crippen LogP) is 3.30. The van der Waals surface area contributed by atoms with E-state index in [0.717, 1.165) is 0 Å². The molecule has 0 aromatic rings. The molecule has 1 unspecified atom stereocenters. The van der Waals surface area contributed by atoms with Gasteiger partial charge in [-0.3, -0.25) is 0 Å². The second-order valence-electron chi connectivity index (χ2n) is 4.00. The highest BCUT2D eigenvalue weighted by Crippen LogP contribution is 2.31. The van der Waals surface area contributed by atoms with E-state index in [-0.39, 0.29) is 26.4 Å². The van der Waals surface area contributed by atoms with E-state index in [1.54, 1.807) is 27.7 Å². The van der Waals surface area contributed by atoms with Crippen LogP contribution in [0.25, 0.3) is 0 Å². The van der Waals surface area contributed by atoms with Crippen molar-refractivity contribution in [3.8, 4) is 0 Å². The summed E-state index contributed by atoms with van der Waals surface area (Å²) in [4.78, 5) is 0. The standard InChI is InChI=1S/C13H24ClF3O5/c1-5-18-10(19-6-2)9(11(20-7-3)21-8-4)22-13(16,17)12(14)15/h9-12H,5-8H2,1-4H3. The SMILES string of the molecule is CCOC(OCC)C(OC(F)(F)C(F)Cl)C(OCC)OCC. The van der Waals surface area contributed by atoms with Crippen molar-refractivity contribution in [2.24, 2.45) is 0 Å². The van der Waals surface area contributed by atoms with Crippen molar-refractivity contribution in [3.63, 3.8) is 0 Å². The third-order valence-electron chi connectivity index (χ3n) is 2.41. The van der Waals surface area contributed by atoms with Crippen LogP contribution in [0, 0.1) is 0 Å². The molecule has 0 bridgehead atoms. The average molecular weight is 353 g/mol. The number of hydrogen-bond acceptors (Lipinski definition) is 5. The van der Waals surface area contributed by atoms with Crippen molar-refractivity contribution in [1.82, 2.24) is 0 Å². The van der Waals surface area contributed by atoms with E-state index >= 15 is 0 Å². The lowest BCUT2D eigenvalue weighted by molar-refractivity contribution is -0.361. The molecule has 0 aliphatic heterocycles. The maximum atomic E-state index is 13.5. The molecule has 0 N–H and O–H groups in total. The number of hydrogen-bond donors (Lipinski definition) is 0. The van der Waals surface area contributed by atoms with Gasteiger partial charge in [-0.05, 0) is 27.7 Å². The monoisotopic (exact) mass is 352 g/mol. The maximum absolute atomic E-state index is 13.5. The Hall–Kier alpha value is -0.120. The first-order chi connectivity index (χ1) is 10.3. The largest absolute Gasteiger partial charge is 0.401 e. The fraction of sp³-hybridized carbons (Fsp3) is 1.00. The van der Waals surface area contributed by atoms with Crippen molar-refractivity contribution in [3.05, 3.63) is 0 Å². The molecule has 0 spiro atoms. The molecule has 22 heavy (non-hydrogen) atoms. The maximum Gasteiger partial charge on any atom is 0.401 e. The molecule has 0 rings (SSSR count). The Morgan fingerprint density at radius 3 is 1.36 bits per heavy atom. The summed E-state index contributed by atoms with van der Waals surface area (Å²) in [6.07, 6.45) is -8.21. The highest BCUT2D eigenvalue weighted by atomic mass is 35.5. The Balaban J connectivity index is 5.31. The van der Waals surface area contributed by atoms with Gasteiger partial charge in [-0.15, -0.1) is 0 Å². The molecule has 0 saturated carbocycles. The minimum Gasteiger partial charge on any atom is -0.350 e. The molecule has 1 atom stereocenters. The molecule has 0 aliphatic carbocycles. The van der Waals surface area contributed by atoms with E-state index in [9.17, 15) is 13.2 Å². The first-order valence-electron chi connectivity index (χ1n) is 7.14. The predicted molar refractivity (Wildman–Crippen MR) is 74.6 cm³/mol. The zero-order valence-corrected chi connectivity index (χ0v) is 13.9. The van der Waals surface area contributed by atoms with Crippen LogP contribution < -0.4 is 0 Å². The van der Waals surface area contributed by atoms with Gasteiger partial charge in [0.1, 0.15) is 0 Å². The summed E-state index contributed by atoms with van der Waals surface area (Å²) in [5.41, 5.74) is -3.03. The first-order valence-corrected chi connectivity index (χ1v) is 7.57. The van der Waals surface area contributed by atoms with Gasteiger partial charge in [-0.2, -0.15) is 8.78 Å². The van der Waals surface area contributed by atoms with E-state index in [1.165, 1.54) is 0 Å². The van der Waals surface area contributed by atoms with Crippen LogP contribution >= 0.6 is 11.6 Å². The summed E-state index contributed by atoms with van der Waals surface area (Å²) in [6, 6.07) is 0. The minimum absolute atomic E-state index is 0.168. The van der Waals surface area contributed by atoms with E-state index < -0.39 is 30.4 Å². The van der Waals surface area contributed by atoms with E-state index in [4.69, 9.17) is 30.5 Å². The lowest BCUT2D eigenvalue weighted by atomic mass is 10.3. The van der Waals surface area contributed by atoms with Crippen molar-refractivity contribution in [1.29, 1.82) is 0 Å². The van der Waals surface area contributed by atoms with Gasteiger partial charge < -0.3 is 23.7 Å². The molecule has 0 fully saturated rings. The van der Waals surface area contributed by atoms with Crippen LogP contribution in [0.15, 0.2) is 0 Å². The molecule has 0 aliphatic rings. The third kappa shape index (κ3) is 7.43. The van der Waals surface area contributed by atoms with Gasteiger partial charge in [0.25, 0.3) is 5.63 Å². The summed E-state index contributed by atoms with van der Waals surface area (Å²) in [6.45, 7) is 7.27. The second-order valence-corrected chi connectivity index (χ2v) is 4.39. The van der Waals surface area contributed by atoms with Crippen LogP contribution in [0.1, 0.15) is 27.7 Å². The van der Waals surface area contributed by atoms with Gasteiger partial charge in [0.15, 0.2) is 18.7 Å². The Bertz CT molecular complexity index is 256. The molecule has 0 heterocycles. The molecular weight excluding hydrogens is 329 g/mol. The molecule has 0 amide bonds. The fourth-order valence-corrected chi connectivity index (χ4v) is 1.66. The van der Waals surface area contributed by atoms with Gasteiger partial charge in [0.05, 0.1) is 0 Å². The Labute approximate surface area is 133 Å². The molecule has 134 valence electrons. The molecule has 0 saturated heterocycles. The minimum atomic E-state index is -4.24. The smallest absolute Gasteiger partial charge is 0.350 e. The normalized spacial score (nSPS) is 14.3. The molecule has 0 aromatic carbocycles. The summed E-state index contributed by atoms with van der Waals surface area (Å²) in [5.74, 6) is 0. The van der Waals surface area contributed by atoms with Crippen molar-refractivity contribution < 1.29 is 36.9 Å². The zero-order chi connectivity index (χ0) is 17.2. The number of halogens is 4. The van der Waals surface area contributed by atoms with Crippen molar-refractivity contribution >= 4 is 11.6 Å². The Morgan fingerprint density at radius 1 is 0.818 bits per heavy atom. The van der Waals surface area contributed by atoms with Crippen LogP contribution in [0.5, 0.6) is 0 Å². The number of ether oxygens (including phenoxy) is 5. The quantitative estimate of drug-likeness (QED) is 0.376. The highest BCUT2D eigenvalue weighted by Gasteiger charge is 2.48. The zero-order valence-electron chi connectivity index (χ0n) is 13.2. The van der Waals surface area contributed by atoms with E-state index in [1.807, 2.05) is 0 Å². The van der Waals surface area contributed by atoms with Gasteiger partial charge in [0.2, 0.25) is 0 Å². The lowest BCUT2D eigenvalue weighted by Gasteiger charge is -2.34. The van der Waals surface area contributed by atoms with Gasteiger partial charge in [0, 0.05) is 26.4 Å². The number of alkyl halides is 4. The number of rotatable bonds is 13. The lowest BCUT2D eigenvalue weighted by Crippen LogP contribution is -2.50. The summed E-state index contributed by atoms with van der Waals surface area (Å²) < 4.78 is 65.3. The van der Waals surface area contributed by atoms with Crippen LogP contribution in [-0.4, -0.2) is 56.9 Å². The fourth-order valence-electron chi connectivity index (χ4n) is 1.60. The highest BCUT2D eigenvalue weighted by molar-refractivity contribution is 6.20. The first kappa shape index (κ1) is 21.9. The van der Waals surface area contributed by atoms with Gasteiger partial charge in [-0.25, -0.2) is 4.39 Å². The summed E-state index contributed by atoms with van der Waals surface area (Å²) >= 11 is 4.83. The van der Waals surface area contributed by atoms with E-state index in [0.29, 0.717) is 0 Å². The topological polar surface area (TPSA) is 46.2 Å². The van der Waals surface area contributed by atoms with Crippen LogP contribution in [0.3, 0.4) is 0 Å². The average Bonchev–Trinajstić information content (AvgIpc) is 2.44. The summed E-state index contributed by atoms with van der Waals surface area (Å²) in [5, 5.41) is 0. The third-order valence-corrected chi connectivity index (χ3v) is 2.66. The molecule has 0 aromatic heterocycles. The molecule has 9 heteroatoms. The molecular formula is C13H24ClF3O5. The van der Waals surface area contributed by atoms with Crippen LogP contribution in [0.4, 0.5) is 13.2 Å². The Morgan fingerprint density at radius 2 is 1.14 bits per heavy atom. The summed E-state index contributed by atoms with van der Waals surface area (Å²) in [7, 11) is 0. The van der Waals surface area contributed by atoms with Crippen LogP contribution in [-0.2, 0) is 23.7 Å². The van der Waals surface area contributed by atoms with E-state index in [2.05, 4.69) is 4.74 Å².